The van der Waals surface area contributed by atoms with Crippen molar-refractivity contribution in [2.75, 3.05) is 57.0 Å². The van der Waals surface area contributed by atoms with Crippen molar-refractivity contribution in [1.82, 2.24) is 24.8 Å². The molecule has 33 heavy (non-hydrogen) atoms. The number of aryl methyl sites for hydroxylation is 1. The van der Waals surface area contributed by atoms with Gasteiger partial charge in [-0.2, -0.15) is 8.78 Å². The first-order chi connectivity index (χ1) is 15.6. The van der Waals surface area contributed by atoms with E-state index in [9.17, 15) is 13.6 Å². The lowest BCUT2D eigenvalue weighted by Gasteiger charge is -2.32. The molecule has 2 N–H and O–H groups in total. The van der Waals surface area contributed by atoms with Gasteiger partial charge in [0.25, 0.3) is 0 Å². The number of hydrogen-bond donors (Lipinski definition) is 2. The first kappa shape index (κ1) is 24.7. The first-order valence-electron chi connectivity index (χ1n) is 11.0. The van der Waals surface area contributed by atoms with Gasteiger partial charge in [0.05, 0.1) is 11.9 Å². The first-order valence-corrected chi connectivity index (χ1v) is 11.0. The quantitative estimate of drug-likeness (QED) is 0.586. The van der Waals surface area contributed by atoms with Gasteiger partial charge >= 0.3 is 5.92 Å². The Bertz CT molecular complexity index is 960. The minimum atomic E-state index is -3.18. The fourth-order valence-electron chi connectivity index (χ4n) is 3.34. The zero-order valence-electron chi connectivity index (χ0n) is 19.5. The van der Waals surface area contributed by atoms with Gasteiger partial charge in [-0.05, 0) is 13.5 Å². The fraction of sp³-hybridized carbons (Fsp3) is 0.545. The molecule has 2 aromatic rings. The van der Waals surface area contributed by atoms with Crippen LogP contribution in [0, 0.1) is 0 Å². The van der Waals surface area contributed by atoms with Crippen LogP contribution in [0.2, 0.25) is 0 Å². The van der Waals surface area contributed by atoms with Gasteiger partial charge in [0, 0.05) is 64.4 Å². The number of pyridine rings is 1. The summed E-state index contributed by atoms with van der Waals surface area (Å²) in [5.74, 6) is -3.06. The molecule has 11 heteroatoms. The van der Waals surface area contributed by atoms with Crippen molar-refractivity contribution in [1.29, 1.82) is 0 Å². The molecule has 0 atom stereocenters. The molecule has 2 aromatic heterocycles. The number of nitrogens with zero attached hydrogens (tertiary/aromatic N) is 5. The number of amides is 1. The Kier molecular flexibility index (Phi) is 8.09. The van der Waals surface area contributed by atoms with E-state index in [1.165, 1.54) is 13.1 Å². The molecule has 0 saturated carbocycles. The lowest BCUT2D eigenvalue weighted by atomic mass is 10.2. The molecule has 0 unspecified atom stereocenters. The topological polar surface area (TPSA) is 95.5 Å². The summed E-state index contributed by atoms with van der Waals surface area (Å²) in [5, 5.41) is 5.66. The van der Waals surface area contributed by atoms with Gasteiger partial charge < -0.3 is 20.3 Å². The summed E-state index contributed by atoms with van der Waals surface area (Å²) in [7, 11) is 2.10. The molecule has 1 saturated heterocycles. The molecule has 0 bridgehead atoms. The standard InChI is InChI=1S/C22H31F2N7O2/c1-5-16-12-20(29-21(27-16)22(3,23)24)28-17-13-19(26-15(2)32)25-14-18(17)33-11-10-31-8-6-30(4)7-9-31/h12-14H,5-11H2,1-4H3,(H2,25,26,27,28,29,32). The van der Waals surface area contributed by atoms with Gasteiger partial charge in [0.1, 0.15) is 18.2 Å². The molecule has 3 heterocycles. The lowest BCUT2D eigenvalue weighted by Crippen LogP contribution is -2.45. The molecule has 0 radical (unpaired) electrons. The van der Waals surface area contributed by atoms with Crippen molar-refractivity contribution in [3.05, 3.63) is 29.8 Å². The minimum Gasteiger partial charge on any atom is -0.488 e. The van der Waals surface area contributed by atoms with Crippen LogP contribution in [-0.2, 0) is 17.1 Å². The number of carbonyl (C=O) groups is 1. The third-order valence-electron chi connectivity index (χ3n) is 5.23. The van der Waals surface area contributed by atoms with E-state index in [0.29, 0.717) is 36.0 Å². The Balaban J connectivity index is 1.80. The van der Waals surface area contributed by atoms with Crippen LogP contribution in [0.4, 0.5) is 26.1 Å². The number of hydrogen-bond acceptors (Lipinski definition) is 8. The number of nitrogens with one attached hydrogen (secondary N) is 2. The molecule has 0 aliphatic carbocycles. The van der Waals surface area contributed by atoms with Crippen LogP contribution < -0.4 is 15.4 Å². The lowest BCUT2D eigenvalue weighted by molar-refractivity contribution is -0.114. The highest BCUT2D eigenvalue weighted by atomic mass is 19.3. The second-order valence-electron chi connectivity index (χ2n) is 8.18. The summed E-state index contributed by atoms with van der Waals surface area (Å²) >= 11 is 0. The van der Waals surface area contributed by atoms with Gasteiger partial charge in [-0.25, -0.2) is 15.0 Å². The van der Waals surface area contributed by atoms with Crippen molar-refractivity contribution >= 4 is 23.2 Å². The van der Waals surface area contributed by atoms with Crippen LogP contribution in [-0.4, -0.2) is 77.0 Å². The predicted octanol–water partition coefficient (Wildman–Crippen LogP) is 2.87. The van der Waals surface area contributed by atoms with E-state index in [2.05, 4.69) is 42.4 Å². The molecule has 1 aliphatic rings. The Morgan fingerprint density at radius 2 is 1.91 bits per heavy atom. The summed E-state index contributed by atoms with van der Waals surface area (Å²) < 4.78 is 33.8. The fourth-order valence-corrected chi connectivity index (χ4v) is 3.34. The Morgan fingerprint density at radius 3 is 2.55 bits per heavy atom. The van der Waals surface area contributed by atoms with E-state index in [0.717, 1.165) is 39.6 Å². The summed E-state index contributed by atoms with van der Waals surface area (Å²) in [6.45, 7) is 9.12. The van der Waals surface area contributed by atoms with E-state index < -0.39 is 11.7 Å². The maximum Gasteiger partial charge on any atom is 0.303 e. The highest BCUT2D eigenvalue weighted by Gasteiger charge is 2.29. The predicted molar refractivity (Wildman–Crippen MR) is 122 cm³/mol. The average molecular weight is 464 g/mol. The summed E-state index contributed by atoms with van der Waals surface area (Å²) in [5.41, 5.74) is 0.941. The number of carbonyl (C=O) groups excluding carboxylic acids is 1. The van der Waals surface area contributed by atoms with Gasteiger partial charge in [-0.1, -0.05) is 6.92 Å². The number of rotatable bonds is 9. The minimum absolute atomic E-state index is 0.210. The molecule has 180 valence electrons. The van der Waals surface area contributed by atoms with Gasteiger partial charge in [-0.15, -0.1) is 0 Å². The third kappa shape index (κ3) is 7.29. The molecular formula is C22H31F2N7O2. The van der Waals surface area contributed by atoms with E-state index in [1.807, 2.05) is 6.92 Å². The molecule has 1 amide bonds. The number of halogens is 2. The van der Waals surface area contributed by atoms with Crippen molar-refractivity contribution in [2.45, 2.75) is 33.1 Å². The maximum absolute atomic E-state index is 13.9. The van der Waals surface area contributed by atoms with Crippen molar-refractivity contribution < 1.29 is 18.3 Å². The Labute approximate surface area is 192 Å². The van der Waals surface area contributed by atoms with Gasteiger partial charge in [-0.3, -0.25) is 9.69 Å². The second kappa shape index (κ2) is 10.8. The van der Waals surface area contributed by atoms with Crippen LogP contribution in [0.5, 0.6) is 5.75 Å². The normalized spacial score (nSPS) is 15.3. The van der Waals surface area contributed by atoms with Crippen LogP contribution >= 0.6 is 0 Å². The molecule has 1 fully saturated rings. The highest BCUT2D eigenvalue weighted by molar-refractivity contribution is 5.88. The van der Waals surface area contributed by atoms with Crippen LogP contribution in [0.15, 0.2) is 18.3 Å². The summed E-state index contributed by atoms with van der Waals surface area (Å²) in [6.07, 6.45) is 1.97. The zero-order chi connectivity index (χ0) is 24.0. The molecule has 0 aromatic carbocycles. The van der Waals surface area contributed by atoms with E-state index in [4.69, 9.17) is 4.74 Å². The number of ether oxygens (including phenoxy) is 1. The largest absolute Gasteiger partial charge is 0.488 e. The smallest absolute Gasteiger partial charge is 0.303 e. The number of alkyl halides is 2. The van der Waals surface area contributed by atoms with Crippen molar-refractivity contribution in [3.63, 3.8) is 0 Å². The number of anilines is 3. The molecule has 9 nitrogen and oxygen atoms in total. The monoisotopic (exact) mass is 463 g/mol. The molecule has 1 aliphatic heterocycles. The van der Waals surface area contributed by atoms with Crippen molar-refractivity contribution in [3.8, 4) is 5.75 Å². The van der Waals surface area contributed by atoms with Crippen molar-refractivity contribution in [2.24, 2.45) is 0 Å². The molecule has 0 spiro atoms. The third-order valence-corrected chi connectivity index (χ3v) is 5.23. The second-order valence-corrected chi connectivity index (χ2v) is 8.18. The zero-order valence-corrected chi connectivity index (χ0v) is 19.5. The Hall–Kier alpha value is -2.92. The van der Waals surface area contributed by atoms with Gasteiger partial charge in [0.2, 0.25) is 11.7 Å². The maximum atomic E-state index is 13.9. The average Bonchev–Trinajstić information content (AvgIpc) is 2.75. The van der Waals surface area contributed by atoms with Crippen LogP contribution in [0.3, 0.4) is 0 Å². The SMILES string of the molecule is CCc1cc(Nc2cc(NC(C)=O)ncc2OCCN2CCN(C)CC2)nc(C(C)(F)F)n1. The number of likely N-dealkylation sites (N-methyl/N-ethyl adjacent to an activating group) is 1. The number of piperazine rings is 1. The van der Waals surface area contributed by atoms with Crippen LogP contribution in [0.25, 0.3) is 0 Å². The number of aromatic nitrogens is 3. The summed E-state index contributed by atoms with van der Waals surface area (Å²) in [6, 6.07) is 3.20. The Morgan fingerprint density at radius 1 is 1.18 bits per heavy atom. The van der Waals surface area contributed by atoms with Crippen LogP contribution in [0.1, 0.15) is 32.3 Å². The van der Waals surface area contributed by atoms with E-state index in [-0.39, 0.29) is 11.7 Å². The summed E-state index contributed by atoms with van der Waals surface area (Å²) in [4.78, 5) is 28.2. The van der Waals surface area contributed by atoms with Gasteiger partial charge in [0.15, 0.2) is 5.75 Å². The molecule has 3 rings (SSSR count). The highest BCUT2D eigenvalue weighted by Crippen LogP contribution is 2.31. The van der Waals surface area contributed by atoms with E-state index in [1.54, 1.807) is 12.1 Å². The molecular weight excluding hydrogens is 432 g/mol. The van der Waals surface area contributed by atoms with E-state index >= 15 is 0 Å².